The molecule has 0 unspecified atom stereocenters. The molecule has 1 aliphatic rings. The number of hydrogen-bond acceptors (Lipinski definition) is 8. The van der Waals surface area contributed by atoms with Crippen LogP contribution in [0.2, 0.25) is 0 Å². The summed E-state index contributed by atoms with van der Waals surface area (Å²) in [4.78, 5) is 23.7. The van der Waals surface area contributed by atoms with Gasteiger partial charge in [-0.25, -0.2) is 14.8 Å². The van der Waals surface area contributed by atoms with Crippen LogP contribution in [0.4, 0.5) is 5.82 Å². The second-order valence-corrected chi connectivity index (χ2v) is 6.01. The number of nitrogens with zero attached hydrogens (tertiary/aromatic N) is 3. The number of aromatic nitrogens is 2. The molecule has 1 saturated heterocycles. The summed E-state index contributed by atoms with van der Waals surface area (Å²) in [5.74, 6) is 0.359. The molecule has 8 heteroatoms. The highest BCUT2D eigenvalue weighted by atomic mass is 32.1. The number of carbonyl (C=O) groups excluding carboxylic acids is 1. The lowest BCUT2D eigenvalue weighted by Gasteiger charge is -2.26. The summed E-state index contributed by atoms with van der Waals surface area (Å²) in [6, 6.07) is 0. The van der Waals surface area contributed by atoms with E-state index in [-0.39, 0.29) is 5.97 Å². The van der Waals surface area contributed by atoms with Gasteiger partial charge >= 0.3 is 5.97 Å². The summed E-state index contributed by atoms with van der Waals surface area (Å²) in [5.41, 5.74) is 0.529. The van der Waals surface area contributed by atoms with Gasteiger partial charge in [0, 0.05) is 31.6 Å². The maximum absolute atomic E-state index is 12.1. The maximum Gasteiger partial charge on any atom is 0.339 e. The Balaban J connectivity index is 1.72. The summed E-state index contributed by atoms with van der Waals surface area (Å²) < 4.78 is 10.5. The molecule has 7 nitrogen and oxygen atoms in total. The molecule has 2 aromatic rings. The van der Waals surface area contributed by atoms with E-state index in [0.717, 1.165) is 49.6 Å². The number of esters is 1. The first-order chi connectivity index (χ1) is 11.3. The van der Waals surface area contributed by atoms with Gasteiger partial charge in [0.2, 0.25) is 0 Å². The smallest absolute Gasteiger partial charge is 0.339 e. The van der Waals surface area contributed by atoms with Crippen molar-refractivity contribution in [2.45, 2.75) is 6.92 Å². The van der Waals surface area contributed by atoms with Crippen LogP contribution in [0.1, 0.15) is 17.3 Å². The van der Waals surface area contributed by atoms with E-state index >= 15 is 0 Å². The molecule has 0 saturated carbocycles. The summed E-state index contributed by atoms with van der Waals surface area (Å²) in [6.07, 6.45) is 1.52. The average molecular weight is 336 g/mol. The largest absolute Gasteiger partial charge is 0.462 e. The lowest BCUT2D eigenvalue weighted by Crippen LogP contribution is -2.39. The molecule has 0 amide bonds. The van der Waals surface area contributed by atoms with Gasteiger partial charge < -0.3 is 14.8 Å². The quantitative estimate of drug-likeness (QED) is 0.803. The Morgan fingerprint density at radius 2 is 2.26 bits per heavy atom. The fourth-order valence-corrected chi connectivity index (χ4v) is 3.40. The summed E-state index contributed by atoms with van der Waals surface area (Å²) in [7, 11) is 0. The third-order valence-corrected chi connectivity index (χ3v) is 4.58. The van der Waals surface area contributed by atoms with E-state index in [2.05, 4.69) is 20.2 Å². The van der Waals surface area contributed by atoms with Crippen molar-refractivity contribution in [1.82, 2.24) is 14.9 Å². The normalized spacial score (nSPS) is 15.7. The van der Waals surface area contributed by atoms with Crippen LogP contribution in [0.5, 0.6) is 0 Å². The predicted molar refractivity (Wildman–Crippen MR) is 89.1 cm³/mol. The molecular formula is C15H20N4O3S. The lowest BCUT2D eigenvalue weighted by molar-refractivity contribution is 0.0398. The Morgan fingerprint density at radius 3 is 3.04 bits per heavy atom. The second kappa shape index (κ2) is 7.67. The molecule has 124 valence electrons. The molecular weight excluding hydrogens is 316 g/mol. The van der Waals surface area contributed by atoms with E-state index in [1.807, 2.05) is 0 Å². The minimum Gasteiger partial charge on any atom is -0.462 e. The van der Waals surface area contributed by atoms with Crippen LogP contribution in [0.25, 0.3) is 10.2 Å². The fourth-order valence-electron chi connectivity index (χ4n) is 2.53. The molecule has 0 aliphatic carbocycles. The molecule has 1 aliphatic heterocycles. The van der Waals surface area contributed by atoms with E-state index in [0.29, 0.717) is 18.0 Å². The van der Waals surface area contributed by atoms with Gasteiger partial charge in [-0.1, -0.05) is 0 Å². The molecule has 23 heavy (non-hydrogen) atoms. The zero-order valence-electron chi connectivity index (χ0n) is 13.1. The number of nitrogens with one attached hydrogen (secondary N) is 1. The van der Waals surface area contributed by atoms with Crippen LogP contribution in [-0.2, 0) is 9.47 Å². The molecule has 3 heterocycles. The predicted octanol–water partition coefficient (Wildman–Crippen LogP) is 1.61. The van der Waals surface area contributed by atoms with Crippen molar-refractivity contribution in [3.05, 3.63) is 17.3 Å². The Labute approximate surface area is 138 Å². The van der Waals surface area contributed by atoms with Crippen molar-refractivity contribution in [2.24, 2.45) is 0 Å². The SMILES string of the molecule is CCOC(=O)c1csc2ncnc(NCCN3CCOCC3)c12. The van der Waals surface area contributed by atoms with Crippen LogP contribution >= 0.6 is 11.3 Å². The number of thiophene rings is 1. The summed E-state index contributed by atoms with van der Waals surface area (Å²) in [6.45, 7) is 7.29. The summed E-state index contributed by atoms with van der Waals surface area (Å²) in [5, 5.41) is 5.85. The van der Waals surface area contributed by atoms with Gasteiger partial charge in [0.05, 0.1) is 30.8 Å². The zero-order valence-corrected chi connectivity index (χ0v) is 13.9. The van der Waals surface area contributed by atoms with Crippen molar-refractivity contribution in [3.8, 4) is 0 Å². The van der Waals surface area contributed by atoms with Crippen molar-refractivity contribution in [2.75, 3.05) is 51.3 Å². The highest BCUT2D eigenvalue weighted by molar-refractivity contribution is 7.17. The third kappa shape index (κ3) is 3.77. The number of ether oxygens (including phenoxy) is 2. The van der Waals surface area contributed by atoms with Gasteiger partial charge in [-0.05, 0) is 6.92 Å². The standard InChI is InChI=1S/C15H20N4O3S/c1-2-22-15(20)11-9-23-14-12(11)13(17-10-18-14)16-3-4-19-5-7-21-8-6-19/h9-10H,2-8H2,1H3,(H,16,17,18). The number of carbonyl (C=O) groups is 1. The van der Waals surface area contributed by atoms with Gasteiger partial charge in [-0.2, -0.15) is 0 Å². The number of anilines is 1. The monoisotopic (exact) mass is 336 g/mol. The third-order valence-electron chi connectivity index (χ3n) is 3.69. The molecule has 1 fully saturated rings. The first kappa shape index (κ1) is 16.1. The summed E-state index contributed by atoms with van der Waals surface area (Å²) >= 11 is 1.42. The molecule has 0 bridgehead atoms. The van der Waals surface area contributed by atoms with Gasteiger partial charge in [-0.3, -0.25) is 4.90 Å². The van der Waals surface area contributed by atoms with Gasteiger partial charge in [0.1, 0.15) is 17.0 Å². The van der Waals surface area contributed by atoms with Crippen molar-refractivity contribution in [3.63, 3.8) is 0 Å². The van der Waals surface area contributed by atoms with Crippen molar-refractivity contribution in [1.29, 1.82) is 0 Å². The first-order valence-corrected chi connectivity index (χ1v) is 8.61. The molecule has 0 radical (unpaired) electrons. The number of hydrogen-bond donors (Lipinski definition) is 1. The number of rotatable bonds is 6. The Morgan fingerprint density at radius 1 is 1.43 bits per heavy atom. The fraction of sp³-hybridized carbons (Fsp3) is 0.533. The Hall–Kier alpha value is -1.77. The van der Waals surface area contributed by atoms with E-state index in [1.54, 1.807) is 12.3 Å². The topological polar surface area (TPSA) is 76.6 Å². The van der Waals surface area contributed by atoms with Crippen LogP contribution < -0.4 is 5.32 Å². The molecule has 0 spiro atoms. The maximum atomic E-state index is 12.1. The van der Waals surface area contributed by atoms with E-state index in [9.17, 15) is 4.79 Å². The van der Waals surface area contributed by atoms with Crippen molar-refractivity contribution < 1.29 is 14.3 Å². The minimum atomic E-state index is -0.329. The van der Waals surface area contributed by atoms with Crippen LogP contribution in [-0.4, -0.2) is 66.8 Å². The van der Waals surface area contributed by atoms with Crippen LogP contribution in [0.15, 0.2) is 11.7 Å². The molecule has 3 rings (SSSR count). The van der Waals surface area contributed by atoms with E-state index in [4.69, 9.17) is 9.47 Å². The zero-order chi connectivity index (χ0) is 16.1. The van der Waals surface area contributed by atoms with Gasteiger partial charge in [0.15, 0.2) is 0 Å². The molecule has 1 N–H and O–H groups in total. The van der Waals surface area contributed by atoms with Crippen LogP contribution in [0, 0.1) is 0 Å². The molecule has 2 aromatic heterocycles. The molecule has 0 atom stereocenters. The first-order valence-electron chi connectivity index (χ1n) is 7.73. The van der Waals surface area contributed by atoms with Crippen LogP contribution in [0.3, 0.4) is 0 Å². The average Bonchev–Trinajstić information content (AvgIpc) is 3.01. The lowest BCUT2D eigenvalue weighted by atomic mass is 10.2. The number of morpholine rings is 1. The van der Waals surface area contributed by atoms with Gasteiger partial charge in [0.25, 0.3) is 0 Å². The Bertz CT molecular complexity index is 670. The van der Waals surface area contributed by atoms with E-state index in [1.165, 1.54) is 17.7 Å². The number of fused-ring (bicyclic) bond motifs is 1. The minimum absolute atomic E-state index is 0.329. The highest BCUT2D eigenvalue weighted by Gasteiger charge is 2.18. The molecule has 0 aromatic carbocycles. The highest BCUT2D eigenvalue weighted by Crippen LogP contribution is 2.29. The van der Waals surface area contributed by atoms with E-state index < -0.39 is 0 Å². The second-order valence-electron chi connectivity index (χ2n) is 5.15. The Kier molecular flexibility index (Phi) is 5.37. The van der Waals surface area contributed by atoms with Crippen molar-refractivity contribution >= 4 is 33.3 Å². The van der Waals surface area contributed by atoms with Gasteiger partial charge in [-0.15, -0.1) is 11.3 Å².